The number of hydrogen-bond donors (Lipinski definition) is 2. The van der Waals surface area contributed by atoms with Crippen LogP contribution >= 0.6 is 0 Å². The van der Waals surface area contributed by atoms with Gasteiger partial charge in [-0.2, -0.15) is 0 Å². The van der Waals surface area contributed by atoms with Crippen LogP contribution in [0.25, 0.3) is 0 Å². The Morgan fingerprint density at radius 3 is 1.86 bits per heavy atom. The van der Waals surface area contributed by atoms with Crippen molar-refractivity contribution < 1.29 is 13.6 Å². The van der Waals surface area contributed by atoms with Gasteiger partial charge < -0.3 is 10.6 Å². The summed E-state index contributed by atoms with van der Waals surface area (Å²) >= 11 is 0. The lowest BCUT2D eigenvalue weighted by Crippen LogP contribution is -2.43. The Hall–Kier alpha value is -2.27. The summed E-state index contributed by atoms with van der Waals surface area (Å²) in [6, 6.07) is 12.6. The Kier molecular flexibility index (Phi) is 8.58. The number of amides is 1. The van der Waals surface area contributed by atoms with E-state index < -0.39 is 0 Å². The molecule has 0 unspecified atom stereocenters. The molecule has 0 bridgehead atoms. The Balaban J connectivity index is 1.98. The van der Waals surface area contributed by atoms with Crippen LogP contribution in [0, 0.1) is 17.6 Å². The summed E-state index contributed by atoms with van der Waals surface area (Å²) in [7, 11) is 1.80. The first-order valence-electron chi connectivity index (χ1n) is 9.86. The predicted molar refractivity (Wildman–Crippen MR) is 109 cm³/mol. The van der Waals surface area contributed by atoms with Gasteiger partial charge in [0.05, 0.1) is 6.04 Å². The molecule has 0 saturated carbocycles. The van der Waals surface area contributed by atoms with Crippen molar-refractivity contribution >= 4 is 5.91 Å². The number of rotatable bonds is 10. The smallest absolute Gasteiger partial charge is 0.237 e. The minimum atomic E-state index is -0.280. The summed E-state index contributed by atoms with van der Waals surface area (Å²) in [4.78, 5) is 12.3. The zero-order chi connectivity index (χ0) is 20.5. The topological polar surface area (TPSA) is 41.1 Å². The van der Waals surface area contributed by atoms with Gasteiger partial charge in [-0.25, -0.2) is 8.78 Å². The number of benzene rings is 2. The lowest BCUT2D eigenvalue weighted by atomic mass is 9.87. The summed E-state index contributed by atoms with van der Waals surface area (Å²) in [5.41, 5.74) is 1.96. The minimum absolute atomic E-state index is 0.0105. The zero-order valence-electron chi connectivity index (χ0n) is 16.8. The Labute approximate surface area is 166 Å². The number of carbonyl (C=O) groups is 1. The second kappa shape index (κ2) is 10.9. The minimum Gasteiger partial charge on any atom is -0.355 e. The second-order valence-electron chi connectivity index (χ2n) is 7.56. The molecule has 0 fully saturated rings. The Morgan fingerprint density at radius 1 is 0.929 bits per heavy atom. The van der Waals surface area contributed by atoms with Crippen LogP contribution in [0.1, 0.15) is 50.2 Å². The van der Waals surface area contributed by atoms with E-state index in [0.29, 0.717) is 12.5 Å². The first-order valence-corrected chi connectivity index (χ1v) is 9.86. The van der Waals surface area contributed by atoms with Crippen LogP contribution in [0.4, 0.5) is 8.78 Å². The van der Waals surface area contributed by atoms with Gasteiger partial charge in [0, 0.05) is 12.5 Å². The SMILES string of the molecule is CN[C@H](CC(C)C)C(=O)NCCCC(c1ccc(F)cc1)c1ccc(F)cc1. The molecule has 2 aromatic rings. The number of hydrogen-bond acceptors (Lipinski definition) is 2. The third-order valence-corrected chi connectivity index (χ3v) is 4.89. The fourth-order valence-electron chi connectivity index (χ4n) is 3.38. The highest BCUT2D eigenvalue weighted by molar-refractivity contribution is 5.81. The molecule has 0 radical (unpaired) electrons. The molecule has 2 rings (SSSR count). The molecule has 5 heteroatoms. The van der Waals surface area contributed by atoms with Gasteiger partial charge in [0.2, 0.25) is 5.91 Å². The zero-order valence-corrected chi connectivity index (χ0v) is 16.8. The van der Waals surface area contributed by atoms with E-state index in [0.717, 1.165) is 30.4 Å². The molecule has 3 nitrogen and oxygen atoms in total. The van der Waals surface area contributed by atoms with E-state index >= 15 is 0 Å². The van der Waals surface area contributed by atoms with Crippen molar-refractivity contribution in [1.82, 2.24) is 10.6 Å². The second-order valence-corrected chi connectivity index (χ2v) is 7.56. The highest BCUT2D eigenvalue weighted by atomic mass is 19.1. The van der Waals surface area contributed by atoms with Crippen LogP contribution in [0.3, 0.4) is 0 Å². The maximum atomic E-state index is 13.3. The maximum absolute atomic E-state index is 13.3. The number of halogens is 2. The summed E-state index contributed by atoms with van der Waals surface area (Å²) in [5.74, 6) is -0.0935. The molecule has 2 aromatic carbocycles. The third-order valence-electron chi connectivity index (χ3n) is 4.89. The molecular formula is C23H30F2N2O. The first kappa shape index (κ1) is 22.0. The van der Waals surface area contributed by atoms with Gasteiger partial charge in [-0.3, -0.25) is 4.79 Å². The Bertz CT molecular complexity index is 684. The van der Waals surface area contributed by atoms with E-state index in [9.17, 15) is 13.6 Å². The van der Waals surface area contributed by atoms with Crippen LogP contribution in [0.5, 0.6) is 0 Å². The molecule has 152 valence electrons. The van der Waals surface area contributed by atoms with Crippen molar-refractivity contribution in [3.63, 3.8) is 0 Å². The first-order chi connectivity index (χ1) is 13.4. The third kappa shape index (κ3) is 6.71. The molecular weight excluding hydrogens is 358 g/mol. The van der Waals surface area contributed by atoms with E-state index in [-0.39, 0.29) is 29.5 Å². The van der Waals surface area contributed by atoms with Crippen molar-refractivity contribution in [1.29, 1.82) is 0 Å². The maximum Gasteiger partial charge on any atom is 0.237 e. The number of carbonyl (C=O) groups excluding carboxylic acids is 1. The van der Waals surface area contributed by atoms with Crippen molar-refractivity contribution in [2.24, 2.45) is 5.92 Å². The van der Waals surface area contributed by atoms with E-state index in [2.05, 4.69) is 24.5 Å². The van der Waals surface area contributed by atoms with Gasteiger partial charge in [0.1, 0.15) is 11.6 Å². The molecule has 0 aliphatic heterocycles. The molecule has 0 heterocycles. The van der Waals surface area contributed by atoms with Crippen molar-refractivity contribution in [3.8, 4) is 0 Å². The molecule has 1 atom stereocenters. The van der Waals surface area contributed by atoms with Gasteiger partial charge in [-0.15, -0.1) is 0 Å². The summed E-state index contributed by atoms with van der Waals surface area (Å²) in [6.07, 6.45) is 2.32. The van der Waals surface area contributed by atoms with E-state index in [4.69, 9.17) is 0 Å². The normalized spacial score (nSPS) is 12.4. The molecule has 28 heavy (non-hydrogen) atoms. The van der Waals surface area contributed by atoms with Crippen LogP contribution in [0.2, 0.25) is 0 Å². The molecule has 0 aliphatic rings. The Morgan fingerprint density at radius 2 is 1.43 bits per heavy atom. The van der Waals surface area contributed by atoms with Crippen LogP contribution in [0.15, 0.2) is 48.5 Å². The van der Waals surface area contributed by atoms with Crippen LogP contribution < -0.4 is 10.6 Å². The highest BCUT2D eigenvalue weighted by Crippen LogP contribution is 2.29. The summed E-state index contributed by atoms with van der Waals surface area (Å²) in [6.45, 7) is 4.75. The monoisotopic (exact) mass is 388 g/mol. The van der Waals surface area contributed by atoms with Gasteiger partial charge in [-0.1, -0.05) is 38.1 Å². The van der Waals surface area contributed by atoms with Crippen molar-refractivity contribution in [3.05, 3.63) is 71.3 Å². The number of likely N-dealkylation sites (N-methyl/N-ethyl adjacent to an activating group) is 1. The van der Waals surface area contributed by atoms with Gasteiger partial charge in [0.15, 0.2) is 0 Å². The van der Waals surface area contributed by atoms with E-state index in [1.54, 1.807) is 31.3 Å². The number of nitrogens with one attached hydrogen (secondary N) is 2. The largest absolute Gasteiger partial charge is 0.355 e. The lowest BCUT2D eigenvalue weighted by molar-refractivity contribution is -0.123. The molecule has 0 aromatic heterocycles. The highest BCUT2D eigenvalue weighted by Gasteiger charge is 2.18. The van der Waals surface area contributed by atoms with Gasteiger partial charge >= 0.3 is 0 Å². The van der Waals surface area contributed by atoms with Crippen molar-refractivity contribution in [2.75, 3.05) is 13.6 Å². The molecule has 1 amide bonds. The van der Waals surface area contributed by atoms with E-state index in [1.165, 1.54) is 24.3 Å². The molecule has 0 saturated heterocycles. The van der Waals surface area contributed by atoms with Crippen LogP contribution in [-0.4, -0.2) is 25.5 Å². The van der Waals surface area contributed by atoms with Crippen LogP contribution in [-0.2, 0) is 4.79 Å². The standard InChI is InChI=1S/C23H30F2N2O/c1-16(2)15-22(26-3)23(28)27-14-4-5-21(17-6-10-19(24)11-7-17)18-8-12-20(25)13-9-18/h6-13,16,21-22,26H,4-5,14-15H2,1-3H3,(H,27,28)/t22-/m1/s1. The lowest BCUT2D eigenvalue weighted by Gasteiger charge is -2.20. The molecule has 0 spiro atoms. The van der Waals surface area contributed by atoms with E-state index in [1.807, 2.05) is 0 Å². The molecule has 2 N–H and O–H groups in total. The molecule has 0 aliphatic carbocycles. The summed E-state index contributed by atoms with van der Waals surface area (Å²) < 4.78 is 26.6. The predicted octanol–water partition coefficient (Wildman–Crippen LogP) is 4.63. The van der Waals surface area contributed by atoms with Gasteiger partial charge in [-0.05, 0) is 67.6 Å². The average Bonchev–Trinajstić information content (AvgIpc) is 2.67. The average molecular weight is 389 g/mol. The fourth-order valence-corrected chi connectivity index (χ4v) is 3.38. The quantitative estimate of drug-likeness (QED) is 0.583. The van der Waals surface area contributed by atoms with Gasteiger partial charge in [0.25, 0.3) is 0 Å². The fraction of sp³-hybridized carbons (Fsp3) is 0.435. The summed E-state index contributed by atoms with van der Waals surface area (Å²) in [5, 5.41) is 6.06. The van der Waals surface area contributed by atoms with Crippen molar-refractivity contribution in [2.45, 2.75) is 45.1 Å².